The fourth-order valence-corrected chi connectivity index (χ4v) is 5.63. The highest BCUT2D eigenvalue weighted by atomic mass is 35.5. The zero-order chi connectivity index (χ0) is 28.6. The van der Waals surface area contributed by atoms with Crippen molar-refractivity contribution < 1.29 is 15.0 Å². The Hall–Kier alpha value is -3.46. The van der Waals surface area contributed by atoms with Crippen LogP contribution in [0.3, 0.4) is 0 Å². The molecule has 2 N–H and O–H groups in total. The summed E-state index contributed by atoms with van der Waals surface area (Å²) in [4.78, 5) is 18.7. The number of hydrogen-bond donors (Lipinski definition) is 2. The fraction of sp³-hybridized carbons (Fsp3) is 0.300. The average molecular weight is 565 g/mol. The van der Waals surface area contributed by atoms with Crippen LogP contribution in [0.15, 0.2) is 48.5 Å². The van der Waals surface area contributed by atoms with Crippen molar-refractivity contribution in [2.75, 3.05) is 19.0 Å². The van der Waals surface area contributed by atoms with Gasteiger partial charge in [-0.15, -0.1) is 11.3 Å². The highest BCUT2D eigenvalue weighted by molar-refractivity contribution is 7.22. The summed E-state index contributed by atoms with van der Waals surface area (Å²) in [6.07, 6.45) is -0.0548. The van der Waals surface area contributed by atoms with E-state index in [4.69, 9.17) is 21.7 Å². The Bertz CT molecular complexity index is 1660. The summed E-state index contributed by atoms with van der Waals surface area (Å²) in [6, 6.07) is 15.8. The van der Waals surface area contributed by atoms with Gasteiger partial charge in [-0.3, -0.25) is 9.48 Å². The van der Waals surface area contributed by atoms with Crippen LogP contribution in [-0.4, -0.2) is 50.6 Å². The molecule has 5 aromatic rings. The van der Waals surface area contributed by atoms with Crippen molar-refractivity contribution in [1.29, 1.82) is 0 Å². The van der Waals surface area contributed by atoms with Crippen LogP contribution >= 0.6 is 22.9 Å². The SMILES string of the molecule is CC(C)(C)O.Cc1cc2nc(-c3ccc4c(c3)c(N(C)C)nn4C)sc2c(-c2ccc(Cl)cc2)c1CC(=O)O. The summed E-state index contributed by atoms with van der Waals surface area (Å²) in [5, 5.41) is 25.3. The Labute approximate surface area is 237 Å². The molecule has 9 heteroatoms. The van der Waals surface area contributed by atoms with Gasteiger partial charge >= 0.3 is 5.97 Å². The minimum Gasteiger partial charge on any atom is -0.481 e. The predicted octanol–water partition coefficient (Wildman–Crippen LogP) is 6.95. The molecule has 2 aromatic heterocycles. The molecule has 204 valence electrons. The van der Waals surface area contributed by atoms with E-state index in [0.717, 1.165) is 59.8 Å². The summed E-state index contributed by atoms with van der Waals surface area (Å²) in [7, 11) is 5.91. The van der Waals surface area contributed by atoms with E-state index in [-0.39, 0.29) is 6.42 Å². The number of fused-ring (bicyclic) bond motifs is 2. The van der Waals surface area contributed by atoms with Gasteiger partial charge in [0.15, 0.2) is 5.82 Å². The number of aliphatic carboxylic acids is 1. The third kappa shape index (κ3) is 6.41. The van der Waals surface area contributed by atoms with E-state index in [9.17, 15) is 9.90 Å². The zero-order valence-electron chi connectivity index (χ0n) is 23.2. The Morgan fingerprint density at radius 2 is 1.69 bits per heavy atom. The molecule has 0 aliphatic heterocycles. The van der Waals surface area contributed by atoms with Crippen LogP contribution in [0, 0.1) is 6.92 Å². The van der Waals surface area contributed by atoms with Crippen LogP contribution in [0.25, 0.3) is 42.8 Å². The molecule has 7 nitrogen and oxygen atoms in total. The molecule has 0 aliphatic rings. The maximum Gasteiger partial charge on any atom is 0.307 e. The molecule has 39 heavy (non-hydrogen) atoms. The zero-order valence-corrected chi connectivity index (χ0v) is 24.8. The molecule has 0 spiro atoms. The van der Waals surface area contributed by atoms with Crippen molar-refractivity contribution in [3.8, 4) is 21.7 Å². The molecule has 0 saturated heterocycles. The summed E-state index contributed by atoms with van der Waals surface area (Å²) < 4.78 is 2.85. The summed E-state index contributed by atoms with van der Waals surface area (Å²) in [5.41, 5.74) is 5.97. The van der Waals surface area contributed by atoms with Crippen molar-refractivity contribution in [3.05, 3.63) is 64.7 Å². The normalized spacial score (nSPS) is 11.5. The van der Waals surface area contributed by atoms with Crippen LogP contribution in [0.1, 0.15) is 31.9 Å². The molecule has 0 atom stereocenters. The maximum absolute atomic E-state index is 11.7. The standard InChI is InChI=1S/C26H23ClN4O2S.C4H10O/c1-14-11-20-24(23(18(14)13-22(32)33)15-5-8-17(27)9-6-15)34-26(28-20)16-7-10-21-19(12-16)25(30(2)3)29-31(21)4;1-4(2,3)5/h5-12H,13H2,1-4H3,(H,32,33);5H,1-3H3. The number of carbonyl (C=O) groups is 1. The molecule has 0 aliphatic carbocycles. The second-order valence-corrected chi connectivity index (χ2v) is 12.2. The van der Waals surface area contributed by atoms with Crippen LogP contribution in [0.4, 0.5) is 5.82 Å². The third-order valence-corrected chi connectivity index (χ3v) is 7.36. The molecule has 5 rings (SSSR count). The second-order valence-electron chi connectivity index (χ2n) is 10.7. The Balaban J connectivity index is 0.000000648. The lowest BCUT2D eigenvalue weighted by atomic mass is 9.93. The molecule has 0 fully saturated rings. The predicted molar refractivity (Wildman–Crippen MR) is 162 cm³/mol. The number of carboxylic acid groups (broad SMARTS) is 1. The van der Waals surface area contributed by atoms with Gasteiger partial charge in [0, 0.05) is 42.7 Å². The van der Waals surface area contributed by atoms with Crippen molar-refractivity contribution in [2.24, 2.45) is 7.05 Å². The topological polar surface area (TPSA) is 91.5 Å². The monoisotopic (exact) mass is 564 g/mol. The first-order valence-corrected chi connectivity index (χ1v) is 13.7. The highest BCUT2D eigenvalue weighted by Crippen LogP contribution is 2.41. The molecule has 0 radical (unpaired) electrons. The summed E-state index contributed by atoms with van der Waals surface area (Å²) in [6.45, 7) is 7.17. The van der Waals surface area contributed by atoms with Gasteiger partial charge in [0.2, 0.25) is 0 Å². The van der Waals surface area contributed by atoms with E-state index in [1.807, 2.05) is 68.0 Å². The van der Waals surface area contributed by atoms with Crippen molar-refractivity contribution in [2.45, 2.75) is 39.7 Å². The highest BCUT2D eigenvalue weighted by Gasteiger charge is 2.20. The molecule has 0 unspecified atom stereocenters. The number of aryl methyl sites for hydroxylation is 2. The average Bonchev–Trinajstić information content (AvgIpc) is 3.40. The number of aromatic nitrogens is 3. The first-order valence-electron chi connectivity index (χ1n) is 12.5. The van der Waals surface area contributed by atoms with Crippen LogP contribution in [0.5, 0.6) is 0 Å². The number of aliphatic hydroxyl groups is 1. The van der Waals surface area contributed by atoms with Gasteiger partial charge in [-0.25, -0.2) is 4.98 Å². The van der Waals surface area contributed by atoms with Crippen molar-refractivity contribution in [1.82, 2.24) is 14.8 Å². The Morgan fingerprint density at radius 1 is 1.08 bits per heavy atom. The van der Waals surface area contributed by atoms with Crippen LogP contribution in [-0.2, 0) is 18.3 Å². The Morgan fingerprint density at radius 3 is 2.28 bits per heavy atom. The van der Waals surface area contributed by atoms with Gasteiger partial charge in [0.1, 0.15) is 5.01 Å². The summed E-state index contributed by atoms with van der Waals surface area (Å²) >= 11 is 7.70. The molecule has 3 aromatic carbocycles. The van der Waals surface area contributed by atoms with E-state index in [2.05, 4.69) is 23.3 Å². The summed E-state index contributed by atoms with van der Waals surface area (Å²) in [5.74, 6) is 0.0440. The van der Waals surface area contributed by atoms with Gasteiger partial charge in [-0.05, 0) is 80.8 Å². The first-order chi connectivity index (χ1) is 18.2. The van der Waals surface area contributed by atoms with E-state index in [1.165, 1.54) is 0 Å². The lowest BCUT2D eigenvalue weighted by Gasteiger charge is -2.13. The van der Waals surface area contributed by atoms with E-state index in [0.29, 0.717) is 5.02 Å². The maximum atomic E-state index is 11.7. The largest absolute Gasteiger partial charge is 0.481 e. The lowest BCUT2D eigenvalue weighted by molar-refractivity contribution is -0.136. The molecule has 0 amide bonds. The second kappa shape index (κ2) is 11.0. The van der Waals surface area contributed by atoms with Gasteiger partial charge in [-0.1, -0.05) is 23.7 Å². The smallest absolute Gasteiger partial charge is 0.307 e. The van der Waals surface area contributed by atoms with E-state index >= 15 is 0 Å². The van der Waals surface area contributed by atoms with Gasteiger partial charge in [0.25, 0.3) is 0 Å². The van der Waals surface area contributed by atoms with Gasteiger partial charge in [0.05, 0.1) is 27.8 Å². The van der Waals surface area contributed by atoms with Crippen molar-refractivity contribution in [3.63, 3.8) is 0 Å². The van der Waals surface area contributed by atoms with Gasteiger partial charge in [-0.2, -0.15) is 5.10 Å². The van der Waals surface area contributed by atoms with Crippen molar-refractivity contribution >= 4 is 55.8 Å². The quantitative estimate of drug-likeness (QED) is 0.240. The molecular weight excluding hydrogens is 532 g/mol. The number of anilines is 1. The minimum absolute atomic E-state index is 0.0548. The van der Waals surface area contributed by atoms with E-state index in [1.54, 1.807) is 32.1 Å². The van der Waals surface area contributed by atoms with Crippen LogP contribution < -0.4 is 4.90 Å². The van der Waals surface area contributed by atoms with Gasteiger partial charge < -0.3 is 15.1 Å². The first kappa shape index (κ1) is 28.5. The molecule has 0 bridgehead atoms. The number of carboxylic acids is 1. The Kier molecular flexibility index (Phi) is 8.02. The number of thiazole rings is 1. The molecular formula is C30H33ClN4O3S. The minimum atomic E-state index is -0.861. The van der Waals surface area contributed by atoms with Crippen LogP contribution in [0.2, 0.25) is 5.02 Å². The number of hydrogen-bond acceptors (Lipinski definition) is 6. The number of halogens is 1. The lowest BCUT2D eigenvalue weighted by Crippen LogP contribution is -2.10. The molecule has 0 saturated carbocycles. The third-order valence-electron chi connectivity index (χ3n) is 5.97. The van der Waals surface area contributed by atoms with E-state index < -0.39 is 11.6 Å². The number of nitrogens with zero attached hydrogens (tertiary/aromatic N) is 4. The number of benzene rings is 3. The number of rotatable bonds is 5. The fourth-order valence-electron chi connectivity index (χ4n) is 4.37. The molecule has 2 heterocycles.